The summed E-state index contributed by atoms with van der Waals surface area (Å²) in [5.41, 5.74) is 1.10. The van der Waals surface area contributed by atoms with Crippen LogP contribution in [0, 0.1) is 5.41 Å². The van der Waals surface area contributed by atoms with Gasteiger partial charge in [-0.2, -0.15) is 0 Å². The highest BCUT2D eigenvalue weighted by Crippen LogP contribution is 2.25. The van der Waals surface area contributed by atoms with E-state index < -0.39 is 0 Å². The summed E-state index contributed by atoms with van der Waals surface area (Å²) in [5.74, 6) is 1.40. The number of nitrogens with one attached hydrogen (secondary N) is 1. The average Bonchev–Trinajstić information content (AvgIpc) is 2.38. The predicted molar refractivity (Wildman–Crippen MR) is 85.0 cm³/mol. The van der Waals surface area contributed by atoms with Crippen molar-refractivity contribution in [2.75, 3.05) is 5.32 Å². The van der Waals surface area contributed by atoms with Crippen LogP contribution in [0.25, 0.3) is 11.4 Å². The Morgan fingerprint density at radius 2 is 1.75 bits per heavy atom. The zero-order chi connectivity index (χ0) is 14.8. The first kappa shape index (κ1) is 14.8. The largest absolute Gasteiger partial charge is 0.367 e. The fourth-order valence-corrected chi connectivity index (χ4v) is 1.83. The molecule has 4 heteroatoms. The lowest BCUT2D eigenvalue weighted by Crippen LogP contribution is -2.31. The minimum Gasteiger partial charge on any atom is -0.367 e. The van der Waals surface area contributed by atoms with Crippen LogP contribution in [0.3, 0.4) is 0 Å². The average molecular weight is 290 g/mol. The van der Waals surface area contributed by atoms with Crippen LogP contribution in [0.2, 0.25) is 5.15 Å². The van der Waals surface area contributed by atoms with Gasteiger partial charge in [0.1, 0.15) is 11.0 Å². The molecular formula is C16H20ClN3. The Labute approximate surface area is 125 Å². The number of hydrogen-bond donors (Lipinski definition) is 1. The Morgan fingerprint density at radius 1 is 1.10 bits per heavy atom. The van der Waals surface area contributed by atoms with E-state index in [-0.39, 0.29) is 11.5 Å². The van der Waals surface area contributed by atoms with Crippen LogP contribution >= 0.6 is 11.6 Å². The molecular weight excluding hydrogens is 270 g/mol. The highest BCUT2D eigenvalue weighted by Gasteiger charge is 2.20. The Bertz CT molecular complexity index is 576. The molecule has 1 aromatic heterocycles. The Kier molecular flexibility index (Phi) is 4.29. The van der Waals surface area contributed by atoms with Crippen LogP contribution in [0.1, 0.15) is 27.7 Å². The number of anilines is 1. The van der Waals surface area contributed by atoms with Gasteiger partial charge in [0.05, 0.1) is 0 Å². The van der Waals surface area contributed by atoms with Crippen LogP contribution < -0.4 is 5.32 Å². The minimum absolute atomic E-state index is 0.143. The fraction of sp³-hybridized carbons (Fsp3) is 0.375. The summed E-state index contributed by atoms with van der Waals surface area (Å²) in [6.07, 6.45) is 0. The molecule has 0 fully saturated rings. The molecule has 0 spiro atoms. The SMILES string of the molecule is CC(Nc1cc(Cl)nc(-c2ccccc2)n1)C(C)(C)C. The van der Waals surface area contributed by atoms with Gasteiger partial charge in [0.25, 0.3) is 0 Å². The molecule has 0 aliphatic carbocycles. The molecule has 106 valence electrons. The molecule has 0 saturated carbocycles. The maximum Gasteiger partial charge on any atom is 0.163 e. The second-order valence-corrected chi connectivity index (χ2v) is 6.38. The molecule has 1 aromatic carbocycles. The molecule has 0 aliphatic rings. The molecule has 1 atom stereocenters. The Balaban J connectivity index is 2.30. The maximum absolute atomic E-state index is 6.11. The van der Waals surface area contributed by atoms with Gasteiger partial charge in [0.15, 0.2) is 5.82 Å². The van der Waals surface area contributed by atoms with Crippen LogP contribution in [-0.4, -0.2) is 16.0 Å². The molecule has 0 bridgehead atoms. The molecule has 2 aromatic rings. The van der Waals surface area contributed by atoms with Gasteiger partial charge < -0.3 is 5.32 Å². The number of hydrogen-bond acceptors (Lipinski definition) is 3. The van der Waals surface area contributed by atoms with E-state index in [2.05, 4.69) is 43.0 Å². The van der Waals surface area contributed by atoms with Crippen molar-refractivity contribution in [1.82, 2.24) is 9.97 Å². The summed E-state index contributed by atoms with van der Waals surface area (Å²) in [5, 5.41) is 3.84. The standard InChI is InChI=1S/C16H20ClN3/c1-11(16(2,3)4)18-14-10-13(17)19-15(20-14)12-8-6-5-7-9-12/h5-11H,1-4H3,(H,18,19,20). The van der Waals surface area contributed by atoms with Crippen LogP contribution in [0.5, 0.6) is 0 Å². The molecule has 0 amide bonds. The quantitative estimate of drug-likeness (QED) is 0.836. The summed E-state index contributed by atoms with van der Waals surface area (Å²) in [6, 6.07) is 11.9. The van der Waals surface area contributed by atoms with E-state index in [9.17, 15) is 0 Å². The lowest BCUT2D eigenvalue weighted by Gasteiger charge is -2.28. The van der Waals surface area contributed by atoms with Crippen molar-refractivity contribution in [3.8, 4) is 11.4 Å². The number of aromatic nitrogens is 2. The highest BCUT2D eigenvalue weighted by atomic mass is 35.5. The summed E-state index contributed by atoms with van der Waals surface area (Å²) in [6.45, 7) is 8.70. The third-order valence-electron chi connectivity index (χ3n) is 3.39. The van der Waals surface area contributed by atoms with Gasteiger partial charge in [-0.15, -0.1) is 0 Å². The summed E-state index contributed by atoms with van der Waals surface area (Å²) < 4.78 is 0. The van der Waals surface area contributed by atoms with Crippen molar-refractivity contribution in [1.29, 1.82) is 0 Å². The van der Waals surface area contributed by atoms with E-state index in [1.165, 1.54) is 0 Å². The zero-order valence-corrected chi connectivity index (χ0v) is 13.1. The van der Waals surface area contributed by atoms with Gasteiger partial charge in [0.2, 0.25) is 0 Å². The van der Waals surface area contributed by atoms with Crippen molar-refractivity contribution in [3.05, 3.63) is 41.6 Å². The molecule has 0 aliphatic heterocycles. The third-order valence-corrected chi connectivity index (χ3v) is 3.58. The third kappa shape index (κ3) is 3.70. The first-order valence-corrected chi connectivity index (χ1v) is 7.10. The van der Waals surface area contributed by atoms with Gasteiger partial charge in [-0.25, -0.2) is 9.97 Å². The van der Waals surface area contributed by atoms with E-state index in [1.54, 1.807) is 6.07 Å². The summed E-state index contributed by atoms with van der Waals surface area (Å²) >= 11 is 6.11. The number of halogens is 1. The minimum atomic E-state index is 0.143. The van der Waals surface area contributed by atoms with E-state index in [0.717, 1.165) is 11.4 Å². The van der Waals surface area contributed by atoms with Gasteiger partial charge in [-0.1, -0.05) is 62.7 Å². The first-order valence-electron chi connectivity index (χ1n) is 6.73. The van der Waals surface area contributed by atoms with Crippen molar-refractivity contribution in [2.45, 2.75) is 33.7 Å². The van der Waals surface area contributed by atoms with Crippen LogP contribution in [0.4, 0.5) is 5.82 Å². The van der Waals surface area contributed by atoms with Gasteiger partial charge >= 0.3 is 0 Å². The normalized spacial score (nSPS) is 13.1. The molecule has 1 N–H and O–H groups in total. The molecule has 2 rings (SSSR count). The van der Waals surface area contributed by atoms with Gasteiger partial charge in [-0.3, -0.25) is 0 Å². The topological polar surface area (TPSA) is 37.8 Å². The van der Waals surface area contributed by atoms with E-state index in [0.29, 0.717) is 11.0 Å². The summed E-state index contributed by atoms with van der Waals surface area (Å²) in [7, 11) is 0. The first-order chi connectivity index (χ1) is 9.36. The van der Waals surface area contributed by atoms with Crippen molar-refractivity contribution >= 4 is 17.4 Å². The van der Waals surface area contributed by atoms with Crippen molar-refractivity contribution in [2.24, 2.45) is 5.41 Å². The van der Waals surface area contributed by atoms with Crippen LogP contribution in [0.15, 0.2) is 36.4 Å². The van der Waals surface area contributed by atoms with Crippen LogP contribution in [-0.2, 0) is 0 Å². The molecule has 0 saturated heterocycles. The lowest BCUT2D eigenvalue weighted by molar-refractivity contribution is 0.359. The number of nitrogens with zero attached hydrogens (tertiary/aromatic N) is 2. The lowest BCUT2D eigenvalue weighted by atomic mass is 9.88. The Morgan fingerprint density at radius 3 is 2.35 bits per heavy atom. The molecule has 1 unspecified atom stereocenters. The van der Waals surface area contributed by atoms with E-state index >= 15 is 0 Å². The molecule has 3 nitrogen and oxygen atoms in total. The zero-order valence-electron chi connectivity index (χ0n) is 12.3. The molecule has 20 heavy (non-hydrogen) atoms. The molecule has 1 heterocycles. The fourth-order valence-electron chi connectivity index (χ4n) is 1.65. The van der Waals surface area contributed by atoms with Gasteiger partial charge in [-0.05, 0) is 12.3 Å². The summed E-state index contributed by atoms with van der Waals surface area (Å²) in [4.78, 5) is 8.84. The van der Waals surface area contributed by atoms with Crippen molar-refractivity contribution < 1.29 is 0 Å². The second-order valence-electron chi connectivity index (χ2n) is 6.00. The Hall–Kier alpha value is -1.61. The maximum atomic E-state index is 6.11. The predicted octanol–water partition coefficient (Wildman–Crippen LogP) is 4.64. The highest BCUT2D eigenvalue weighted by molar-refractivity contribution is 6.29. The van der Waals surface area contributed by atoms with E-state index in [4.69, 9.17) is 11.6 Å². The van der Waals surface area contributed by atoms with Crippen molar-refractivity contribution in [3.63, 3.8) is 0 Å². The number of rotatable bonds is 3. The monoisotopic (exact) mass is 289 g/mol. The smallest absolute Gasteiger partial charge is 0.163 e. The van der Waals surface area contributed by atoms with Gasteiger partial charge in [0, 0.05) is 17.7 Å². The molecule has 0 radical (unpaired) electrons. The number of benzene rings is 1. The van der Waals surface area contributed by atoms with E-state index in [1.807, 2.05) is 30.3 Å². The second kappa shape index (κ2) is 5.80.